The molecule has 106 valence electrons. The second-order valence-corrected chi connectivity index (χ2v) is 4.74. The predicted octanol–water partition coefficient (Wildman–Crippen LogP) is 1.47. The SMILES string of the molecule is CC(C)Oc1ccc(N2C(=O)CC(C(=O)O)=C2N)cc1. The van der Waals surface area contributed by atoms with Crippen molar-refractivity contribution in [1.82, 2.24) is 0 Å². The third-order valence-electron chi connectivity index (χ3n) is 2.85. The Morgan fingerprint density at radius 2 is 1.95 bits per heavy atom. The first-order valence-corrected chi connectivity index (χ1v) is 6.21. The van der Waals surface area contributed by atoms with Crippen LogP contribution < -0.4 is 15.4 Å². The van der Waals surface area contributed by atoms with Crippen molar-refractivity contribution in [2.45, 2.75) is 26.4 Å². The monoisotopic (exact) mass is 276 g/mol. The first-order chi connectivity index (χ1) is 9.40. The molecule has 0 aromatic heterocycles. The topological polar surface area (TPSA) is 92.9 Å². The van der Waals surface area contributed by atoms with Crippen molar-refractivity contribution in [3.8, 4) is 5.75 Å². The van der Waals surface area contributed by atoms with E-state index in [-0.39, 0.29) is 29.8 Å². The average Bonchev–Trinajstić information content (AvgIpc) is 2.66. The minimum atomic E-state index is -1.17. The zero-order valence-electron chi connectivity index (χ0n) is 11.3. The van der Waals surface area contributed by atoms with Gasteiger partial charge in [-0.15, -0.1) is 0 Å². The molecule has 0 aliphatic carbocycles. The van der Waals surface area contributed by atoms with Gasteiger partial charge in [-0.25, -0.2) is 4.79 Å². The summed E-state index contributed by atoms with van der Waals surface area (Å²) >= 11 is 0. The minimum Gasteiger partial charge on any atom is -0.491 e. The van der Waals surface area contributed by atoms with Crippen molar-refractivity contribution in [3.63, 3.8) is 0 Å². The molecule has 1 aliphatic rings. The van der Waals surface area contributed by atoms with Crippen LogP contribution in [-0.2, 0) is 9.59 Å². The molecule has 1 aliphatic heterocycles. The number of ether oxygens (including phenoxy) is 1. The molecular weight excluding hydrogens is 260 g/mol. The summed E-state index contributed by atoms with van der Waals surface area (Å²) in [6, 6.07) is 6.78. The molecule has 0 fully saturated rings. The van der Waals surface area contributed by atoms with Crippen LogP contribution in [0.1, 0.15) is 20.3 Å². The van der Waals surface area contributed by atoms with Crippen LogP contribution in [0.25, 0.3) is 0 Å². The lowest BCUT2D eigenvalue weighted by atomic mass is 10.2. The van der Waals surface area contributed by atoms with Crippen LogP contribution in [0.5, 0.6) is 5.75 Å². The zero-order chi connectivity index (χ0) is 14.9. The maximum absolute atomic E-state index is 11.9. The Morgan fingerprint density at radius 1 is 1.35 bits per heavy atom. The second kappa shape index (κ2) is 5.24. The van der Waals surface area contributed by atoms with E-state index in [0.29, 0.717) is 11.4 Å². The van der Waals surface area contributed by atoms with Crippen LogP contribution in [0.3, 0.4) is 0 Å². The van der Waals surface area contributed by atoms with Crippen molar-refractivity contribution in [2.24, 2.45) is 5.73 Å². The fourth-order valence-electron chi connectivity index (χ4n) is 2.00. The molecule has 0 radical (unpaired) electrons. The largest absolute Gasteiger partial charge is 0.491 e. The number of carboxylic acid groups (broad SMARTS) is 1. The first-order valence-electron chi connectivity index (χ1n) is 6.21. The summed E-state index contributed by atoms with van der Waals surface area (Å²) in [5, 5.41) is 8.97. The highest BCUT2D eigenvalue weighted by Gasteiger charge is 2.33. The number of hydrogen-bond donors (Lipinski definition) is 2. The Balaban J connectivity index is 2.27. The van der Waals surface area contributed by atoms with E-state index in [9.17, 15) is 9.59 Å². The minimum absolute atomic E-state index is 0.0278. The van der Waals surface area contributed by atoms with Crippen LogP contribution in [0.2, 0.25) is 0 Å². The summed E-state index contributed by atoms with van der Waals surface area (Å²) in [5.41, 5.74) is 6.19. The van der Waals surface area contributed by atoms with Crippen LogP contribution in [0.4, 0.5) is 5.69 Å². The van der Waals surface area contributed by atoms with Gasteiger partial charge in [-0.05, 0) is 38.1 Å². The van der Waals surface area contributed by atoms with Gasteiger partial charge in [0, 0.05) is 0 Å². The molecule has 2 rings (SSSR count). The Bertz CT molecular complexity index is 575. The number of carbonyl (C=O) groups excluding carboxylic acids is 1. The summed E-state index contributed by atoms with van der Waals surface area (Å²) < 4.78 is 5.50. The lowest BCUT2D eigenvalue weighted by Crippen LogP contribution is -2.28. The van der Waals surface area contributed by atoms with Crippen LogP contribution in [-0.4, -0.2) is 23.1 Å². The van der Waals surface area contributed by atoms with Gasteiger partial charge in [0.1, 0.15) is 11.6 Å². The molecule has 1 amide bonds. The van der Waals surface area contributed by atoms with E-state index in [0.717, 1.165) is 0 Å². The van der Waals surface area contributed by atoms with E-state index in [2.05, 4.69) is 0 Å². The highest BCUT2D eigenvalue weighted by Crippen LogP contribution is 2.29. The number of nitrogens with zero attached hydrogens (tertiary/aromatic N) is 1. The summed E-state index contributed by atoms with van der Waals surface area (Å²) in [4.78, 5) is 24.1. The second-order valence-electron chi connectivity index (χ2n) is 4.74. The Hall–Kier alpha value is -2.50. The van der Waals surface area contributed by atoms with Crippen molar-refractivity contribution < 1.29 is 19.4 Å². The number of aliphatic carboxylic acids is 1. The van der Waals surface area contributed by atoms with Crippen LogP contribution in [0.15, 0.2) is 35.7 Å². The Labute approximate surface area is 116 Å². The van der Waals surface area contributed by atoms with Crippen LogP contribution >= 0.6 is 0 Å². The number of anilines is 1. The van der Waals surface area contributed by atoms with Gasteiger partial charge < -0.3 is 15.6 Å². The lowest BCUT2D eigenvalue weighted by molar-refractivity contribution is -0.133. The first kappa shape index (κ1) is 13.9. The van der Waals surface area contributed by atoms with Gasteiger partial charge in [-0.1, -0.05) is 0 Å². The van der Waals surface area contributed by atoms with Gasteiger partial charge in [-0.3, -0.25) is 9.69 Å². The number of nitrogens with two attached hydrogens (primary N) is 1. The predicted molar refractivity (Wildman–Crippen MR) is 73.2 cm³/mol. The normalized spacial score (nSPS) is 15.2. The summed E-state index contributed by atoms with van der Waals surface area (Å²) in [7, 11) is 0. The maximum Gasteiger partial charge on any atom is 0.335 e. The molecule has 0 saturated carbocycles. The van der Waals surface area contributed by atoms with Gasteiger partial charge in [0.2, 0.25) is 5.91 Å². The third kappa shape index (κ3) is 2.59. The van der Waals surface area contributed by atoms with Crippen molar-refractivity contribution >= 4 is 17.6 Å². The number of carboxylic acids is 1. The maximum atomic E-state index is 11.9. The Kier molecular flexibility index (Phi) is 3.65. The number of carbonyl (C=O) groups is 2. The number of amides is 1. The van der Waals surface area contributed by atoms with E-state index in [1.165, 1.54) is 4.90 Å². The molecule has 6 nitrogen and oxygen atoms in total. The molecule has 0 unspecified atom stereocenters. The van der Waals surface area contributed by atoms with Gasteiger partial charge >= 0.3 is 5.97 Å². The molecule has 3 N–H and O–H groups in total. The Morgan fingerprint density at radius 3 is 2.40 bits per heavy atom. The molecule has 0 spiro atoms. The lowest BCUT2D eigenvalue weighted by Gasteiger charge is -2.18. The summed E-state index contributed by atoms with van der Waals surface area (Å²) in [6.07, 6.45) is -0.136. The van der Waals surface area contributed by atoms with E-state index < -0.39 is 5.97 Å². The molecule has 20 heavy (non-hydrogen) atoms. The smallest absolute Gasteiger partial charge is 0.335 e. The quantitative estimate of drug-likeness (QED) is 0.868. The van der Waals surface area contributed by atoms with E-state index in [1.54, 1.807) is 24.3 Å². The van der Waals surface area contributed by atoms with E-state index in [4.69, 9.17) is 15.6 Å². The number of hydrogen-bond acceptors (Lipinski definition) is 4. The molecular formula is C14H16N2O4. The molecule has 0 saturated heterocycles. The molecule has 6 heteroatoms. The summed E-state index contributed by atoms with van der Waals surface area (Å²) in [6.45, 7) is 3.83. The van der Waals surface area contributed by atoms with Gasteiger partial charge in [0.15, 0.2) is 0 Å². The highest BCUT2D eigenvalue weighted by molar-refractivity contribution is 6.08. The fraction of sp³-hybridized carbons (Fsp3) is 0.286. The standard InChI is InChI=1S/C14H16N2O4/c1-8(2)20-10-5-3-9(4-6-10)16-12(17)7-11(13(16)15)14(18)19/h3-6,8H,7,15H2,1-2H3,(H,18,19). The van der Waals surface area contributed by atoms with Crippen molar-refractivity contribution in [2.75, 3.05) is 4.90 Å². The van der Waals surface area contributed by atoms with Crippen molar-refractivity contribution in [1.29, 1.82) is 0 Å². The molecule has 1 heterocycles. The molecule has 0 bridgehead atoms. The van der Waals surface area contributed by atoms with E-state index in [1.807, 2.05) is 13.8 Å². The van der Waals surface area contributed by atoms with Crippen LogP contribution in [0, 0.1) is 0 Å². The molecule has 1 aromatic rings. The summed E-state index contributed by atoms with van der Waals surface area (Å²) in [5.74, 6) is -0.869. The third-order valence-corrected chi connectivity index (χ3v) is 2.85. The van der Waals surface area contributed by atoms with Gasteiger partial charge in [0.25, 0.3) is 0 Å². The molecule has 1 aromatic carbocycles. The zero-order valence-corrected chi connectivity index (χ0v) is 11.3. The van der Waals surface area contributed by atoms with E-state index >= 15 is 0 Å². The highest BCUT2D eigenvalue weighted by atomic mass is 16.5. The van der Waals surface area contributed by atoms with Gasteiger partial charge in [0.05, 0.1) is 23.8 Å². The average molecular weight is 276 g/mol. The number of rotatable bonds is 4. The van der Waals surface area contributed by atoms with Gasteiger partial charge in [-0.2, -0.15) is 0 Å². The number of benzene rings is 1. The van der Waals surface area contributed by atoms with Crippen molar-refractivity contribution in [3.05, 3.63) is 35.7 Å². The fourth-order valence-corrected chi connectivity index (χ4v) is 2.00. The molecule has 0 atom stereocenters.